The molecule has 0 radical (unpaired) electrons. The Labute approximate surface area is 292 Å². The third-order valence-electron chi connectivity index (χ3n) is 8.22. The molecule has 6 rings (SSSR count). The fourth-order valence-electron chi connectivity index (χ4n) is 5.77. The molecule has 6 aromatic rings. The van der Waals surface area contributed by atoms with Gasteiger partial charge in [0.15, 0.2) is 5.11 Å². The summed E-state index contributed by atoms with van der Waals surface area (Å²) in [6.07, 6.45) is 2.66. The Balaban J connectivity index is 0.000000452. The van der Waals surface area contributed by atoms with Crippen LogP contribution in [0.3, 0.4) is 0 Å². The van der Waals surface area contributed by atoms with E-state index in [9.17, 15) is 4.79 Å². The fraction of sp³-hybridized carbons (Fsp3) is 0.179. The summed E-state index contributed by atoms with van der Waals surface area (Å²) in [4.78, 5) is 14.5. The molecule has 2 aromatic heterocycles. The number of carbonyl (C=O) groups is 1. The van der Waals surface area contributed by atoms with E-state index in [1.165, 1.54) is 27.8 Å². The van der Waals surface area contributed by atoms with Crippen molar-refractivity contribution in [2.45, 2.75) is 19.9 Å². The van der Waals surface area contributed by atoms with Gasteiger partial charge in [-0.2, -0.15) is 10.2 Å². The maximum absolute atomic E-state index is 10.2. The van der Waals surface area contributed by atoms with Gasteiger partial charge in [0.1, 0.15) is 0 Å². The molecule has 0 aliphatic heterocycles. The molecule has 49 heavy (non-hydrogen) atoms. The van der Waals surface area contributed by atoms with Gasteiger partial charge >= 0.3 is 5.97 Å². The molecule has 0 saturated carbocycles. The Morgan fingerprint density at radius 2 is 1.59 bits per heavy atom. The molecule has 0 aliphatic rings. The standard InChI is InChI=1S/C32H35N7S.C7H6O2/c1-22-29(15-16-38(4)21-26-18-28(37(2)3)20-34-36-26)30-19-25(35-32(33)40)13-14-31(30)39(22)27-12-8-11-24(17-27)23-9-6-5-7-10-23;8-7(9)6-4-2-1-3-5-6/h5-14,17-20H,15-16,21H2,1-4H3,(H3,33,35,40);1-5H,(H,8,9). The molecule has 0 atom stereocenters. The number of benzene rings is 4. The number of fused-ring (bicyclic) bond motifs is 1. The third-order valence-corrected chi connectivity index (χ3v) is 8.32. The summed E-state index contributed by atoms with van der Waals surface area (Å²) in [5.41, 5.74) is 16.2. The van der Waals surface area contributed by atoms with E-state index >= 15 is 0 Å². The largest absolute Gasteiger partial charge is 0.478 e. The van der Waals surface area contributed by atoms with E-state index in [1.807, 2.05) is 31.1 Å². The summed E-state index contributed by atoms with van der Waals surface area (Å²) in [7, 11) is 6.15. The summed E-state index contributed by atoms with van der Waals surface area (Å²) in [5, 5.41) is 21.5. The van der Waals surface area contributed by atoms with E-state index in [2.05, 4.69) is 106 Å². The zero-order valence-electron chi connectivity index (χ0n) is 28.2. The number of nitrogens with one attached hydrogen (secondary N) is 1. The summed E-state index contributed by atoms with van der Waals surface area (Å²) in [6, 6.07) is 35.9. The Morgan fingerprint density at radius 1 is 0.898 bits per heavy atom. The second kappa shape index (κ2) is 16.0. The van der Waals surface area contributed by atoms with Crippen molar-refractivity contribution in [1.82, 2.24) is 19.7 Å². The average molecular weight is 672 g/mol. The molecular weight excluding hydrogens is 631 g/mol. The van der Waals surface area contributed by atoms with Crippen LogP contribution in [0, 0.1) is 6.92 Å². The molecule has 2 heterocycles. The second-order valence-corrected chi connectivity index (χ2v) is 12.4. The molecular formula is C39H41N7O2S. The zero-order chi connectivity index (χ0) is 34.9. The number of hydrogen-bond donors (Lipinski definition) is 3. The number of rotatable bonds is 10. The van der Waals surface area contributed by atoms with E-state index in [0.29, 0.717) is 5.56 Å². The van der Waals surface area contributed by atoms with E-state index < -0.39 is 5.97 Å². The van der Waals surface area contributed by atoms with Crippen molar-refractivity contribution in [3.05, 3.63) is 138 Å². The smallest absolute Gasteiger partial charge is 0.335 e. The number of hydrogen-bond acceptors (Lipinski definition) is 6. The maximum atomic E-state index is 10.2. The van der Waals surface area contributed by atoms with Crippen LogP contribution in [0.5, 0.6) is 0 Å². The second-order valence-electron chi connectivity index (χ2n) is 12.0. The highest BCUT2D eigenvalue weighted by atomic mass is 32.1. The number of aromatic carboxylic acids is 1. The van der Waals surface area contributed by atoms with Gasteiger partial charge < -0.3 is 30.5 Å². The van der Waals surface area contributed by atoms with Crippen molar-refractivity contribution in [2.75, 3.05) is 37.9 Å². The molecule has 0 fully saturated rings. The first-order valence-electron chi connectivity index (χ1n) is 15.9. The topological polar surface area (TPSA) is 113 Å². The van der Waals surface area contributed by atoms with Crippen LogP contribution in [0.1, 0.15) is 27.3 Å². The lowest BCUT2D eigenvalue weighted by molar-refractivity contribution is 0.0697. The van der Waals surface area contributed by atoms with Crippen molar-refractivity contribution >= 4 is 45.6 Å². The molecule has 10 heteroatoms. The van der Waals surface area contributed by atoms with Crippen LogP contribution in [0.15, 0.2) is 115 Å². The summed E-state index contributed by atoms with van der Waals surface area (Å²) in [6.45, 7) is 3.79. The monoisotopic (exact) mass is 671 g/mol. The van der Waals surface area contributed by atoms with E-state index in [1.54, 1.807) is 36.5 Å². The average Bonchev–Trinajstić information content (AvgIpc) is 3.38. The lowest BCUT2D eigenvalue weighted by Gasteiger charge is -2.18. The Hall–Kier alpha value is -5.58. The highest BCUT2D eigenvalue weighted by Crippen LogP contribution is 2.33. The fourth-order valence-corrected chi connectivity index (χ4v) is 5.88. The van der Waals surface area contributed by atoms with Gasteiger partial charge in [0.05, 0.1) is 28.7 Å². The van der Waals surface area contributed by atoms with Gasteiger partial charge in [0.25, 0.3) is 0 Å². The van der Waals surface area contributed by atoms with Crippen molar-refractivity contribution in [2.24, 2.45) is 5.73 Å². The predicted molar refractivity (Wildman–Crippen MR) is 204 cm³/mol. The minimum atomic E-state index is -0.879. The van der Waals surface area contributed by atoms with Gasteiger partial charge in [-0.25, -0.2) is 4.79 Å². The van der Waals surface area contributed by atoms with Gasteiger partial charge in [0.2, 0.25) is 0 Å². The van der Waals surface area contributed by atoms with Crippen LogP contribution in [0.25, 0.3) is 27.7 Å². The highest BCUT2D eigenvalue weighted by molar-refractivity contribution is 7.80. The molecule has 0 amide bonds. The van der Waals surface area contributed by atoms with Crippen LogP contribution < -0.4 is 16.0 Å². The molecule has 4 aromatic carbocycles. The SMILES string of the molecule is Cc1c(CCN(C)Cc2cc(N(C)C)cnn2)c2cc(NC(N)=S)ccc2n1-c1cccc(-c2ccccc2)c1.O=C(O)c1ccccc1. The molecule has 0 bridgehead atoms. The van der Waals surface area contributed by atoms with Crippen molar-refractivity contribution in [1.29, 1.82) is 0 Å². The van der Waals surface area contributed by atoms with Crippen molar-refractivity contribution in [3.8, 4) is 16.8 Å². The quantitative estimate of drug-likeness (QED) is 0.130. The lowest BCUT2D eigenvalue weighted by Crippen LogP contribution is -2.22. The first kappa shape index (κ1) is 34.7. The van der Waals surface area contributed by atoms with Crippen LogP contribution in [-0.4, -0.2) is 63.5 Å². The number of nitrogens with zero attached hydrogens (tertiary/aromatic N) is 5. The first-order chi connectivity index (χ1) is 23.6. The Morgan fingerprint density at radius 3 is 2.24 bits per heavy atom. The minimum absolute atomic E-state index is 0.258. The molecule has 9 nitrogen and oxygen atoms in total. The van der Waals surface area contributed by atoms with Gasteiger partial charge in [-0.15, -0.1) is 0 Å². The number of nitrogens with two attached hydrogens (primary N) is 1. The van der Waals surface area contributed by atoms with Crippen molar-refractivity contribution in [3.63, 3.8) is 0 Å². The van der Waals surface area contributed by atoms with Crippen LogP contribution in [-0.2, 0) is 13.0 Å². The van der Waals surface area contributed by atoms with Gasteiger partial charge in [-0.3, -0.25) is 0 Å². The molecule has 250 valence electrons. The zero-order valence-corrected chi connectivity index (χ0v) is 29.0. The molecule has 0 saturated heterocycles. The third kappa shape index (κ3) is 8.86. The Kier molecular flexibility index (Phi) is 11.4. The van der Waals surface area contributed by atoms with E-state index in [0.717, 1.165) is 47.8 Å². The number of anilines is 2. The number of carboxylic acids is 1. The normalized spacial score (nSPS) is 10.8. The maximum Gasteiger partial charge on any atom is 0.335 e. The van der Waals surface area contributed by atoms with E-state index in [-0.39, 0.29) is 5.11 Å². The first-order valence-corrected chi connectivity index (χ1v) is 16.3. The number of thiocarbonyl (C=S) groups is 1. The van der Waals surface area contributed by atoms with Crippen LogP contribution >= 0.6 is 12.2 Å². The van der Waals surface area contributed by atoms with Crippen molar-refractivity contribution < 1.29 is 9.90 Å². The molecule has 0 aliphatic carbocycles. The highest BCUT2D eigenvalue weighted by Gasteiger charge is 2.17. The minimum Gasteiger partial charge on any atom is -0.478 e. The van der Waals surface area contributed by atoms with Crippen LogP contribution in [0.4, 0.5) is 11.4 Å². The predicted octanol–water partition coefficient (Wildman–Crippen LogP) is 7.18. The lowest BCUT2D eigenvalue weighted by atomic mass is 10.1. The molecule has 0 spiro atoms. The number of carboxylic acid groups (broad SMARTS) is 1. The van der Waals surface area contributed by atoms with Gasteiger partial charge in [-0.1, -0.05) is 60.7 Å². The summed E-state index contributed by atoms with van der Waals surface area (Å²) < 4.78 is 2.35. The van der Waals surface area contributed by atoms with E-state index in [4.69, 9.17) is 23.1 Å². The number of likely N-dealkylation sites (N-methyl/N-ethyl adjacent to an activating group) is 1. The molecule has 0 unspecified atom stereocenters. The summed E-state index contributed by atoms with van der Waals surface area (Å²) >= 11 is 5.11. The number of aromatic nitrogens is 3. The van der Waals surface area contributed by atoms with Gasteiger partial charge in [0, 0.05) is 49.6 Å². The van der Waals surface area contributed by atoms with Gasteiger partial charge in [-0.05, 0) is 97.8 Å². The molecule has 4 N–H and O–H groups in total. The van der Waals surface area contributed by atoms with Crippen LogP contribution in [0.2, 0.25) is 0 Å². The Bertz CT molecular complexity index is 2050. The summed E-state index contributed by atoms with van der Waals surface area (Å²) in [5.74, 6) is -0.879.